The first kappa shape index (κ1) is 18.3. The van der Waals surface area contributed by atoms with Gasteiger partial charge in [-0.1, -0.05) is 37.7 Å². The van der Waals surface area contributed by atoms with Crippen molar-refractivity contribution >= 4 is 17.7 Å². The fraction of sp³-hybridized carbons (Fsp3) is 0.438. The molecule has 0 saturated carbocycles. The molecule has 8 heteroatoms. The molecular formula is C16H22FN5OS. The molecule has 0 spiro atoms. The molecule has 1 aromatic heterocycles. The first-order chi connectivity index (χ1) is 11.6. The molecule has 0 unspecified atom stereocenters. The number of halogens is 1. The zero-order chi connectivity index (χ0) is 17.5. The van der Waals surface area contributed by atoms with Crippen LogP contribution in [0.15, 0.2) is 29.4 Å². The fourth-order valence-electron chi connectivity index (χ4n) is 2.32. The minimum absolute atomic E-state index is 0.0546. The van der Waals surface area contributed by atoms with Gasteiger partial charge in [-0.05, 0) is 25.0 Å². The van der Waals surface area contributed by atoms with Crippen LogP contribution in [0, 0.1) is 5.82 Å². The van der Waals surface area contributed by atoms with E-state index < -0.39 is 0 Å². The number of thioether (sulfide) groups is 1. The van der Waals surface area contributed by atoms with Gasteiger partial charge in [0.1, 0.15) is 5.82 Å². The molecule has 1 aromatic carbocycles. The molecule has 0 bridgehead atoms. The Morgan fingerprint density at radius 3 is 2.62 bits per heavy atom. The lowest BCUT2D eigenvalue weighted by Gasteiger charge is -2.21. The summed E-state index contributed by atoms with van der Waals surface area (Å²) in [5.41, 5.74) is 0.543. The zero-order valence-corrected chi connectivity index (χ0v) is 14.7. The Morgan fingerprint density at radius 2 is 2.00 bits per heavy atom. The predicted molar refractivity (Wildman–Crippen MR) is 93.5 cm³/mol. The SMILES string of the molecule is CCCN(CCC)C(=O)CSc1nnc(-c2cccc(F)c2)n1N. The van der Waals surface area contributed by atoms with Crippen LogP contribution in [0.2, 0.25) is 0 Å². The van der Waals surface area contributed by atoms with Crippen LogP contribution in [-0.4, -0.2) is 44.5 Å². The normalized spacial score (nSPS) is 10.8. The van der Waals surface area contributed by atoms with E-state index in [-0.39, 0.29) is 17.5 Å². The molecule has 0 fully saturated rings. The van der Waals surface area contributed by atoms with Crippen molar-refractivity contribution in [1.29, 1.82) is 0 Å². The van der Waals surface area contributed by atoms with Crippen LogP contribution in [0.5, 0.6) is 0 Å². The Balaban J connectivity index is 2.05. The first-order valence-corrected chi connectivity index (χ1v) is 8.92. The molecule has 130 valence electrons. The van der Waals surface area contributed by atoms with Gasteiger partial charge in [-0.25, -0.2) is 9.07 Å². The number of nitrogens with zero attached hydrogens (tertiary/aromatic N) is 4. The van der Waals surface area contributed by atoms with E-state index in [4.69, 9.17) is 5.84 Å². The summed E-state index contributed by atoms with van der Waals surface area (Å²) in [6.07, 6.45) is 1.85. The highest BCUT2D eigenvalue weighted by molar-refractivity contribution is 7.99. The molecule has 1 heterocycles. The maximum absolute atomic E-state index is 13.3. The Hall–Kier alpha value is -2.09. The van der Waals surface area contributed by atoms with E-state index in [0.717, 1.165) is 25.9 Å². The van der Waals surface area contributed by atoms with E-state index in [1.54, 1.807) is 12.1 Å². The van der Waals surface area contributed by atoms with Crippen LogP contribution < -0.4 is 5.84 Å². The molecule has 6 nitrogen and oxygen atoms in total. The van der Waals surface area contributed by atoms with Gasteiger partial charge < -0.3 is 10.7 Å². The summed E-state index contributed by atoms with van der Waals surface area (Å²) in [7, 11) is 0. The molecule has 2 N–H and O–H groups in total. The molecule has 0 saturated heterocycles. The molecule has 0 radical (unpaired) electrons. The zero-order valence-electron chi connectivity index (χ0n) is 13.9. The third kappa shape index (κ3) is 4.47. The highest BCUT2D eigenvalue weighted by Crippen LogP contribution is 2.22. The van der Waals surface area contributed by atoms with Crippen molar-refractivity contribution in [2.75, 3.05) is 24.7 Å². The molecule has 0 aliphatic carbocycles. The number of amides is 1. The highest BCUT2D eigenvalue weighted by atomic mass is 32.2. The molecule has 0 aliphatic heterocycles. The quantitative estimate of drug-likeness (QED) is 0.584. The van der Waals surface area contributed by atoms with Crippen molar-refractivity contribution in [3.63, 3.8) is 0 Å². The molecule has 2 aromatic rings. The van der Waals surface area contributed by atoms with Crippen molar-refractivity contribution in [2.45, 2.75) is 31.8 Å². The van der Waals surface area contributed by atoms with E-state index in [0.29, 0.717) is 16.5 Å². The van der Waals surface area contributed by atoms with E-state index in [1.807, 2.05) is 18.7 Å². The molecule has 1 amide bonds. The Labute approximate surface area is 145 Å². The van der Waals surface area contributed by atoms with Gasteiger partial charge in [0.2, 0.25) is 11.1 Å². The minimum Gasteiger partial charge on any atom is -0.342 e. The number of nitrogen functional groups attached to an aromatic ring is 1. The number of hydrogen-bond acceptors (Lipinski definition) is 5. The Morgan fingerprint density at radius 1 is 1.29 bits per heavy atom. The molecule has 2 rings (SSSR count). The third-order valence-corrected chi connectivity index (χ3v) is 4.34. The predicted octanol–water partition coefficient (Wildman–Crippen LogP) is 2.54. The number of hydrogen-bond donors (Lipinski definition) is 1. The third-order valence-electron chi connectivity index (χ3n) is 3.41. The Kier molecular flexibility index (Phi) is 6.60. The minimum atomic E-state index is -0.366. The second-order valence-electron chi connectivity index (χ2n) is 5.36. The Bertz CT molecular complexity index is 685. The van der Waals surface area contributed by atoms with Gasteiger partial charge in [-0.3, -0.25) is 4.79 Å². The van der Waals surface area contributed by atoms with Gasteiger partial charge in [0, 0.05) is 18.7 Å². The number of carbonyl (C=O) groups is 1. The lowest BCUT2D eigenvalue weighted by Crippen LogP contribution is -2.33. The van der Waals surface area contributed by atoms with Crippen molar-refractivity contribution in [2.24, 2.45) is 0 Å². The number of carbonyl (C=O) groups excluding carboxylic acids is 1. The highest BCUT2D eigenvalue weighted by Gasteiger charge is 2.16. The van der Waals surface area contributed by atoms with Crippen molar-refractivity contribution in [1.82, 2.24) is 19.8 Å². The van der Waals surface area contributed by atoms with E-state index >= 15 is 0 Å². The van der Waals surface area contributed by atoms with Gasteiger partial charge in [-0.2, -0.15) is 0 Å². The van der Waals surface area contributed by atoms with Crippen molar-refractivity contribution < 1.29 is 9.18 Å². The lowest BCUT2D eigenvalue weighted by molar-refractivity contribution is -0.128. The second kappa shape index (κ2) is 8.68. The molecule has 0 atom stereocenters. The smallest absolute Gasteiger partial charge is 0.233 e. The first-order valence-electron chi connectivity index (χ1n) is 7.93. The summed E-state index contributed by atoms with van der Waals surface area (Å²) in [6, 6.07) is 5.99. The topological polar surface area (TPSA) is 77.0 Å². The van der Waals surface area contributed by atoms with Crippen LogP contribution in [0.3, 0.4) is 0 Å². The fourth-order valence-corrected chi connectivity index (χ4v) is 3.08. The summed E-state index contributed by atoms with van der Waals surface area (Å²) in [4.78, 5) is 14.1. The van der Waals surface area contributed by atoms with Gasteiger partial charge in [0.05, 0.1) is 5.75 Å². The van der Waals surface area contributed by atoms with Crippen LogP contribution in [0.4, 0.5) is 4.39 Å². The number of aromatic nitrogens is 3. The van der Waals surface area contributed by atoms with Gasteiger partial charge in [0.25, 0.3) is 0 Å². The summed E-state index contributed by atoms with van der Waals surface area (Å²) in [6.45, 7) is 5.59. The molecule has 24 heavy (non-hydrogen) atoms. The summed E-state index contributed by atoms with van der Waals surface area (Å²) >= 11 is 1.23. The summed E-state index contributed by atoms with van der Waals surface area (Å²) < 4.78 is 14.6. The van der Waals surface area contributed by atoms with Gasteiger partial charge in [-0.15, -0.1) is 10.2 Å². The summed E-state index contributed by atoms with van der Waals surface area (Å²) in [5.74, 6) is 6.29. The number of nitrogens with two attached hydrogens (primary N) is 1. The van der Waals surface area contributed by atoms with Crippen LogP contribution >= 0.6 is 11.8 Å². The van der Waals surface area contributed by atoms with E-state index in [2.05, 4.69) is 10.2 Å². The molecule has 0 aliphatic rings. The van der Waals surface area contributed by atoms with Crippen LogP contribution in [0.1, 0.15) is 26.7 Å². The lowest BCUT2D eigenvalue weighted by atomic mass is 10.2. The number of rotatable bonds is 8. The van der Waals surface area contributed by atoms with Crippen LogP contribution in [0.25, 0.3) is 11.4 Å². The maximum Gasteiger partial charge on any atom is 0.233 e. The monoisotopic (exact) mass is 351 g/mol. The van der Waals surface area contributed by atoms with E-state index in [1.165, 1.54) is 28.6 Å². The summed E-state index contributed by atoms with van der Waals surface area (Å²) in [5, 5.41) is 8.43. The number of benzene rings is 1. The van der Waals surface area contributed by atoms with Gasteiger partial charge in [0.15, 0.2) is 5.82 Å². The average molecular weight is 351 g/mol. The molecular weight excluding hydrogens is 329 g/mol. The largest absolute Gasteiger partial charge is 0.342 e. The van der Waals surface area contributed by atoms with E-state index in [9.17, 15) is 9.18 Å². The standard InChI is InChI=1S/C16H22FN5OS/c1-3-8-21(9-4-2)14(23)11-24-16-20-19-15(22(16)18)12-6-5-7-13(17)10-12/h5-7,10H,3-4,8-9,11,18H2,1-2H3. The average Bonchev–Trinajstić information content (AvgIpc) is 2.93. The van der Waals surface area contributed by atoms with Gasteiger partial charge >= 0.3 is 0 Å². The van der Waals surface area contributed by atoms with Crippen molar-refractivity contribution in [3.8, 4) is 11.4 Å². The van der Waals surface area contributed by atoms with Crippen molar-refractivity contribution in [3.05, 3.63) is 30.1 Å². The maximum atomic E-state index is 13.3. The van der Waals surface area contributed by atoms with Crippen LogP contribution in [-0.2, 0) is 4.79 Å². The second-order valence-corrected chi connectivity index (χ2v) is 6.30.